The molecule has 0 radical (unpaired) electrons. The Balaban J connectivity index is 1.55. The largest absolute Gasteiger partial charge is 0.480 e. The Hall–Kier alpha value is -4.27. The molecule has 0 spiro atoms. The SMILES string of the molecule is COc1ncnc(C2CC2)c1-c1ncc2ccc(=O)n(CC#Cc3ncc(C(F)(F)F)[nH]3)c2n1. The van der Waals surface area contributed by atoms with Gasteiger partial charge in [0.15, 0.2) is 11.6 Å². The molecule has 34 heavy (non-hydrogen) atoms. The second-order valence-corrected chi connectivity index (χ2v) is 7.59. The van der Waals surface area contributed by atoms with Gasteiger partial charge in [-0.3, -0.25) is 9.36 Å². The van der Waals surface area contributed by atoms with Crippen LogP contribution in [0, 0.1) is 11.8 Å². The first-order valence-electron chi connectivity index (χ1n) is 10.2. The number of alkyl halides is 3. The average Bonchev–Trinajstić information content (AvgIpc) is 3.55. The number of pyridine rings is 1. The summed E-state index contributed by atoms with van der Waals surface area (Å²) in [5.41, 5.74) is 0.296. The fourth-order valence-electron chi connectivity index (χ4n) is 3.49. The fraction of sp³-hybridized carbons (Fsp3) is 0.273. The van der Waals surface area contributed by atoms with Crippen molar-refractivity contribution < 1.29 is 17.9 Å². The molecule has 1 N–H and O–H groups in total. The number of aromatic nitrogens is 7. The van der Waals surface area contributed by atoms with Crippen molar-refractivity contribution in [1.29, 1.82) is 0 Å². The van der Waals surface area contributed by atoms with Gasteiger partial charge in [-0.2, -0.15) is 13.2 Å². The molecule has 1 aliphatic rings. The summed E-state index contributed by atoms with van der Waals surface area (Å²) in [4.78, 5) is 35.9. The monoisotopic (exact) mass is 467 g/mol. The van der Waals surface area contributed by atoms with Gasteiger partial charge in [-0.15, -0.1) is 0 Å². The molecule has 4 heterocycles. The van der Waals surface area contributed by atoms with Crippen LogP contribution >= 0.6 is 0 Å². The summed E-state index contributed by atoms with van der Waals surface area (Å²) in [6.45, 7) is -0.118. The zero-order valence-corrected chi connectivity index (χ0v) is 17.7. The molecule has 0 amide bonds. The van der Waals surface area contributed by atoms with Crippen molar-refractivity contribution in [1.82, 2.24) is 34.5 Å². The molecule has 172 valence electrons. The van der Waals surface area contributed by atoms with Gasteiger partial charge in [0.2, 0.25) is 5.88 Å². The number of rotatable bonds is 4. The Morgan fingerprint density at radius 3 is 2.71 bits per heavy atom. The maximum Gasteiger partial charge on any atom is 0.432 e. The first-order valence-corrected chi connectivity index (χ1v) is 10.2. The van der Waals surface area contributed by atoms with Crippen LogP contribution < -0.4 is 10.3 Å². The van der Waals surface area contributed by atoms with Gasteiger partial charge >= 0.3 is 6.18 Å². The predicted octanol–water partition coefficient (Wildman–Crippen LogP) is 2.93. The molecular formula is C22H16F3N7O2. The van der Waals surface area contributed by atoms with Crippen LogP contribution in [0.4, 0.5) is 13.2 Å². The fourth-order valence-corrected chi connectivity index (χ4v) is 3.49. The van der Waals surface area contributed by atoms with Crippen LogP contribution in [0.2, 0.25) is 0 Å². The quantitative estimate of drug-likeness (QED) is 0.460. The molecule has 4 aromatic rings. The third-order valence-corrected chi connectivity index (χ3v) is 5.27. The molecule has 0 saturated heterocycles. The number of hydrogen-bond donors (Lipinski definition) is 1. The Bertz CT molecular complexity index is 1510. The highest BCUT2D eigenvalue weighted by Gasteiger charge is 2.33. The number of aromatic amines is 1. The van der Waals surface area contributed by atoms with E-state index in [1.807, 2.05) is 0 Å². The van der Waals surface area contributed by atoms with E-state index in [0.29, 0.717) is 34.5 Å². The summed E-state index contributed by atoms with van der Waals surface area (Å²) in [6, 6.07) is 2.94. The van der Waals surface area contributed by atoms with Crippen LogP contribution in [0.5, 0.6) is 5.88 Å². The van der Waals surface area contributed by atoms with Gasteiger partial charge in [-0.05, 0) is 24.8 Å². The zero-order valence-electron chi connectivity index (χ0n) is 17.7. The Kier molecular flexibility index (Phi) is 5.24. The lowest BCUT2D eigenvalue weighted by Crippen LogP contribution is -2.20. The lowest BCUT2D eigenvalue weighted by atomic mass is 10.1. The van der Waals surface area contributed by atoms with Crippen LogP contribution in [0.15, 0.2) is 35.6 Å². The van der Waals surface area contributed by atoms with Gasteiger partial charge in [0.25, 0.3) is 5.56 Å². The molecule has 1 saturated carbocycles. The van der Waals surface area contributed by atoms with E-state index >= 15 is 0 Å². The van der Waals surface area contributed by atoms with E-state index in [1.165, 1.54) is 24.1 Å². The van der Waals surface area contributed by atoms with Crippen LogP contribution in [-0.2, 0) is 12.7 Å². The second kappa shape index (κ2) is 8.26. The molecule has 0 aromatic carbocycles. The maximum absolute atomic E-state index is 12.7. The number of H-pyrrole nitrogens is 1. The normalized spacial score (nSPS) is 13.5. The third-order valence-electron chi connectivity index (χ3n) is 5.27. The number of ether oxygens (including phenoxy) is 1. The maximum atomic E-state index is 12.7. The second-order valence-electron chi connectivity index (χ2n) is 7.59. The standard InChI is InChI=1S/C22H16F3N7O2/c1-34-21-17(18(12-4-5-12)28-11-29-21)19-27-9-13-6-7-16(33)32(20(13)31-19)8-2-3-15-26-10-14(30-15)22(23,24)25/h6-7,9-12H,4-5,8H2,1H3,(H,26,30). The Morgan fingerprint density at radius 1 is 1.18 bits per heavy atom. The van der Waals surface area contributed by atoms with Gasteiger partial charge in [-0.25, -0.2) is 24.9 Å². The number of halogens is 3. The van der Waals surface area contributed by atoms with E-state index in [-0.39, 0.29) is 23.8 Å². The van der Waals surface area contributed by atoms with Crippen molar-refractivity contribution in [2.75, 3.05) is 7.11 Å². The number of nitrogens with zero attached hydrogens (tertiary/aromatic N) is 6. The minimum absolute atomic E-state index is 0.118. The topological polar surface area (TPSA) is 111 Å². The third kappa shape index (κ3) is 4.07. The number of methoxy groups -OCH3 is 1. The number of nitrogens with one attached hydrogen (secondary N) is 1. The van der Waals surface area contributed by atoms with E-state index < -0.39 is 11.9 Å². The number of fused-ring (bicyclic) bond motifs is 1. The van der Waals surface area contributed by atoms with Gasteiger partial charge < -0.3 is 9.72 Å². The van der Waals surface area contributed by atoms with Gasteiger partial charge in [0, 0.05) is 23.6 Å². The predicted molar refractivity (Wildman–Crippen MR) is 114 cm³/mol. The summed E-state index contributed by atoms with van der Waals surface area (Å²) in [5.74, 6) is 5.94. The van der Waals surface area contributed by atoms with Crippen molar-refractivity contribution in [3.8, 4) is 29.1 Å². The molecule has 4 aromatic heterocycles. The summed E-state index contributed by atoms with van der Waals surface area (Å²) < 4.78 is 44.9. The van der Waals surface area contributed by atoms with Gasteiger partial charge in [0.05, 0.1) is 25.5 Å². The van der Waals surface area contributed by atoms with Gasteiger partial charge in [0.1, 0.15) is 23.2 Å². The van der Waals surface area contributed by atoms with Crippen LogP contribution in [-0.4, -0.2) is 41.6 Å². The smallest absolute Gasteiger partial charge is 0.432 e. The minimum Gasteiger partial charge on any atom is -0.480 e. The van der Waals surface area contributed by atoms with E-state index in [4.69, 9.17) is 4.74 Å². The van der Waals surface area contributed by atoms with Crippen LogP contribution in [0.3, 0.4) is 0 Å². The molecule has 1 fully saturated rings. The summed E-state index contributed by atoms with van der Waals surface area (Å²) in [6.07, 6.45) is 1.11. The molecule has 12 heteroatoms. The van der Waals surface area contributed by atoms with Crippen molar-refractivity contribution in [3.63, 3.8) is 0 Å². The zero-order chi connectivity index (χ0) is 23.9. The molecule has 0 bridgehead atoms. The molecular weight excluding hydrogens is 451 g/mol. The van der Waals surface area contributed by atoms with E-state index in [9.17, 15) is 18.0 Å². The first kappa shape index (κ1) is 21.6. The van der Waals surface area contributed by atoms with Gasteiger partial charge in [-0.1, -0.05) is 5.92 Å². The molecule has 5 rings (SSSR count). The van der Waals surface area contributed by atoms with Crippen LogP contribution in [0.1, 0.15) is 36.0 Å². The molecule has 0 aliphatic heterocycles. The molecule has 0 atom stereocenters. The van der Waals surface area contributed by atoms with Crippen molar-refractivity contribution in [2.45, 2.75) is 31.5 Å². The van der Waals surface area contributed by atoms with Crippen LogP contribution in [0.25, 0.3) is 22.4 Å². The summed E-state index contributed by atoms with van der Waals surface area (Å²) in [7, 11) is 1.49. The van der Waals surface area contributed by atoms with Crippen molar-refractivity contribution in [2.24, 2.45) is 0 Å². The highest BCUT2D eigenvalue weighted by Crippen LogP contribution is 2.44. The van der Waals surface area contributed by atoms with Crippen molar-refractivity contribution in [3.05, 3.63) is 58.4 Å². The van der Waals surface area contributed by atoms with E-state index in [1.54, 1.807) is 12.3 Å². The molecule has 0 unspecified atom stereocenters. The Morgan fingerprint density at radius 2 is 2.00 bits per heavy atom. The lowest BCUT2D eigenvalue weighted by molar-refractivity contribution is -0.140. The Labute approximate surface area is 190 Å². The van der Waals surface area contributed by atoms with Crippen molar-refractivity contribution >= 4 is 11.0 Å². The highest BCUT2D eigenvalue weighted by atomic mass is 19.4. The minimum atomic E-state index is -4.55. The average molecular weight is 467 g/mol. The summed E-state index contributed by atoms with van der Waals surface area (Å²) in [5, 5.41) is 0.589. The lowest BCUT2D eigenvalue weighted by Gasteiger charge is -2.12. The first-order chi connectivity index (χ1) is 16.3. The molecule has 9 nitrogen and oxygen atoms in total. The number of imidazole rings is 1. The van der Waals surface area contributed by atoms with E-state index in [2.05, 4.69) is 41.7 Å². The molecule has 1 aliphatic carbocycles. The number of hydrogen-bond acceptors (Lipinski definition) is 7. The highest BCUT2D eigenvalue weighted by molar-refractivity contribution is 5.77. The summed E-state index contributed by atoms with van der Waals surface area (Å²) >= 11 is 0. The van der Waals surface area contributed by atoms with E-state index in [0.717, 1.165) is 18.5 Å².